The van der Waals surface area contributed by atoms with Gasteiger partial charge in [0.25, 0.3) is 5.91 Å². The highest BCUT2D eigenvalue weighted by molar-refractivity contribution is 6.05. The highest BCUT2D eigenvalue weighted by Gasteiger charge is 2.22. The van der Waals surface area contributed by atoms with Crippen LogP contribution >= 0.6 is 0 Å². The standard InChI is InChI=1S/C36H30F3N7O/c37-25-15-19-45(22-25)18-14-23-6-3-8-26(20-23)42-36-40-16-13-30(43-36)34-33(44-31-12-1-2-17-46(31)34)24-7-4-9-27(21-24)41-35(47)32-28(38)10-5-11-29(32)39/h1-13,16-17,20-21,25H,14-15,18-19,22H2,(H,41,47)(H,40,42,43). The van der Waals surface area contributed by atoms with Crippen LogP contribution in [0.4, 0.5) is 30.5 Å². The number of likely N-dealkylation sites (tertiary alicyclic amines) is 1. The SMILES string of the molecule is O=C(Nc1cccc(-c2nc3ccccn3c2-c2ccnc(Nc3cccc(CCN4CCC(F)C4)c3)n2)c1)c1c(F)cccc1F. The fraction of sp³-hybridized carbons (Fsp3) is 0.167. The third kappa shape index (κ3) is 6.56. The van der Waals surface area contributed by atoms with Gasteiger partial charge in [-0.15, -0.1) is 0 Å². The summed E-state index contributed by atoms with van der Waals surface area (Å²) in [7, 11) is 0. The Labute approximate surface area is 269 Å². The fourth-order valence-electron chi connectivity index (χ4n) is 5.85. The molecule has 1 unspecified atom stereocenters. The minimum atomic E-state index is -0.945. The summed E-state index contributed by atoms with van der Waals surface area (Å²) in [5.74, 6) is -2.39. The lowest BCUT2D eigenvalue weighted by atomic mass is 10.1. The van der Waals surface area contributed by atoms with Gasteiger partial charge in [-0.3, -0.25) is 9.20 Å². The Balaban J connectivity index is 1.17. The molecule has 1 saturated heterocycles. The van der Waals surface area contributed by atoms with Crippen molar-refractivity contribution in [1.82, 2.24) is 24.3 Å². The first-order valence-corrected chi connectivity index (χ1v) is 15.3. The van der Waals surface area contributed by atoms with Crippen LogP contribution in [0.2, 0.25) is 0 Å². The number of rotatable bonds is 9. The Morgan fingerprint density at radius 2 is 1.70 bits per heavy atom. The Hall–Kier alpha value is -5.55. The third-order valence-corrected chi connectivity index (χ3v) is 8.13. The molecule has 0 radical (unpaired) electrons. The Morgan fingerprint density at radius 1 is 0.894 bits per heavy atom. The molecular weight excluding hydrogens is 603 g/mol. The number of amides is 1. The van der Waals surface area contributed by atoms with Crippen molar-refractivity contribution in [3.8, 4) is 22.6 Å². The van der Waals surface area contributed by atoms with Gasteiger partial charge in [0, 0.05) is 49.0 Å². The predicted octanol–water partition coefficient (Wildman–Crippen LogP) is 7.32. The second-order valence-corrected chi connectivity index (χ2v) is 11.4. The van der Waals surface area contributed by atoms with Gasteiger partial charge in [0.15, 0.2) is 0 Å². The largest absolute Gasteiger partial charge is 0.324 e. The summed E-state index contributed by atoms with van der Waals surface area (Å²) in [6.45, 7) is 2.09. The molecule has 2 N–H and O–H groups in total. The van der Waals surface area contributed by atoms with Crippen molar-refractivity contribution in [2.45, 2.75) is 19.0 Å². The van der Waals surface area contributed by atoms with E-state index in [4.69, 9.17) is 9.97 Å². The van der Waals surface area contributed by atoms with E-state index in [1.807, 2.05) is 53.1 Å². The molecule has 1 atom stereocenters. The number of halogens is 3. The molecule has 0 aliphatic carbocycles. The summed E-state index contributed by atoms with van der Waals surface area (Å²) in [4.78, 5) is 29.1. The molecule has 3 aromatic heterocycles. The summed E-state index contributed by atoms with van der Waals surface area (Å²) in [6.07, 6.45) is 4.23. The average Bonchev–Trinajstić information content (AvgIpc) is 3.67. The maximum absolute atomic E-state index is 14.3. The number of fused-ring (bicyclic) bond motifs is 1. The van der Waals surface area contributed by atoms with Gasteiger partial charge in [0.2, 0.25) is 5.95 Å². The number of nitrogens with one attached hydrogen (secondary N) is 2. The number of pyridine rings is 1. The lowest BCUT2D eigenvalue weighted by Gasteiger charge is -2.15. The zero-order valence-electron chi connectivity index (χ0n) is 25.2. The highest BCUT2D eigenvalue weighted by Crippen LogP contribution is 2.33. The molecule has 0 bridgehead atoms. The van der Waals surface area contributed by atoms with Crippen molar-refractivity contribution < 1.29 is 18.0 Å². The van der Waals surface area contributed by atoms with E-state index in [9.17, 15) is 18.0 Å². The van der Waals surface area contributed by atoms with E-state index in [1.165, 1.54) is 6.07 Å². The molecule has 7 rings (SSSR count). The summed E-state index contributed by atoms with van der Waals surface area (Å²) < 4.78 is 44.0. The monoisotopic (exact) mass is 633 g/mol. The summed E-state index contributed by atoms with van der Waals surface area (Å²) in [6, 6.07) is 25.7. The van der Waals surface area contributed by atoms with Gasteiger partial charge in [0.05, 0.1) is 17.1 Å². The quantitative estimate of drug-likeness (QED) is 0.174. The molecule has 11 heteroatoms. The van der Waals surface area contributed by atoms with E-state index in [1.54, 1.807) is 30.5 Å². The van der Waals surface area contributed by atoms with E-state index in [2.05, 4.69) is 26.6 Å². The maximum Gasteiger partial charge on any atom is 0.261 e. The number of carbonyl (C=O) groups is 1. The summed E-state index contributed by atoms with van der Waals surface area (Å²) in [5, 5.41) is 5.91. The molecule has 1 fully saturated rings. The van der Waals surface area contributed by atoms with Crippen molar-refractivity contribution in [2.75, 3.05) is 30.3 Å². The van der Waals surface area contributed by atoms with E-state index >= 15 is 0 Å². The fourth-order valence-corrected chi connectivity index (χ4v) is 5.85. The number of nitrogens with zero attached hydrogens (tertiary/aromatic N) is 5. The molecule has 236 valence electrons. The van der Waals surface area contributed by atoms with E-state index in [0.29, 0.717) is 52.9 Å². The van der Waals surface area contributed by atoms with Crippen LogP contribution in [0, 0.1) is 11.6 Å². The zero-order valence-corrected chi connectivity index (χ0v) is 25.2. The molecule has 0 saturated carbocycles. The van der Waals surface area contributed by atoms with Crippen LogP contribution in [0.25, 0.3) is 28.3 Å². The molecule has 1 amide bonds. The second-order valence-electron chi connectivity index (χ2n) is 11.4. The number of anilines is 3. The first-order valence-electron chi connectivity index (χ1n) is 15.3. The number of benzene rings is 3. The molecule has 8 nitrogen and oxygen atoms in total. The molecule has 47 heavy (non-hydrogen) atoms. The van der Waals surface area contributed by atoms with Crippen LogP contribution in [0.3, 0.4) is 0 Å². The summed E-state index contributed by atoms with van der Waals surface area (Å²) in [5.41, 5.74) is 4.88. The Morgan fingerprint density at radius 3 is 2.53 bits per heavy atom. The first-order chi connectivity index (χ1) is 22.9. The topological polar surface area (TPSA) is 87.5 Å². The molecular formula is C36H30F3N7O. The number of carbonyl (C=O) groups excluding carboxylic acids is 1. The molecule has 1 aliphatic heterocycles. The first kappa shape index (κ1) is 30.1. The zero-order chi connectivity index (χ0) is 32.3. The average molecular weight is 634 g/mol. The van der Waals surface area contributed by atoms with Crippen LogP contribution in [0.1, 0.15) is 22.3 Å². The highest BCUT2D eigenvalue weighted by atomic mass is 19.1. The minimum Gasteiger partial charge on any atom is -0.324 e. The smallest absolute Gasteiger partial charge is 0.261 e. The van der Waals surface area contributed by atoms with Gasteiger partial charge >= 0.3 is 0 Å². The van der Waals surface area contributed by atoms with E-state index in [-0.39, 0.29) is 0 Å². The van der Waals surface area contributed by atoms with Crippen LogP contribution in [0.5, 0.6) is 0 Å². The van der Waals surface area contributed by atoms with Gasteiger partial charge in [-0.05, 0) is 73.0 Å². The van der Waals surface area contributed by atoms with Gasteiger partial charge < -0.3 is 15.5 Å². The van der Waals surface area contributed by atoms with Crippen LogP contribution in [-0.2, 0) is 6.42 Å². The van der Waals surface area contributed by atoms with Crippen LogP contribution in [-0.4, -0.2) is 56.0 Å². The van der Waals surface area contributed by atoms with E-state index in [0.717, 1.165) is 42.9 Å². The van der Waals surface area contributed by atoms with Crippen molar-refractivity contribution in [1.29, 1.82) is 0 Å². The van der Waals surface area contributed by atoms with Crippen LogP contribution in [0.15, 0.2) is 103 Å². The maximum atomic E-state index is 14.3. The van der Waals surface area contributed by atoms with Crippen molar-refractivity contribution >= 4 is 28.9 Å². The van der Waals surface area contributed by atoms with Gasteiger partial charge in [-0.1, -0.05) is 36.4 Å². The van der Waals surface area contributed by atoms with Crippen molar-refractivity contribution in [2.24, 2.45) is 0 Å². The number of hydrogen-bond donors (Lipinski definition) is 2. The lowest BCUT2D eigenvalue weighted by Crippen LogP contribution is -2.23. The second kappa shape index (κ2) is 13.1. The lowest BCUT2D eigenvalue weighted by molar-refractivity contribution is 0.101. The number of alkyl halides is 1. The summed E-state index contributed by atoms with van der Waals surface area (Å²) >= 11 is 0. The van der Waals surface area contributed by atoms with Crippen molar-refractivity contribution in [3.63, 3.8) is 0 Å². The number of imidazole rings is 1. The molecule has 6 aromatic rings. The molecule has 1 aliphatic rings. The Kier molecular flexibility index (Phi) is 8.36. The van der Waals surface area contributed by atoms with Gasteiger partial charge in [0.1, 0.15) is 29.0 Å². The number of hydrogen-bond acceptors (Lipinski definition) is 6. The van der Waals surface area contributed by atoms with E-state index < -0.39 is 29.3 Å². The van der Waals surface area contributed by atoms with Crippen LogP contribution < -0.4 is 10.6 Å². The minimum absolute atomic E-state index is 0.345. The van der Waals surface area contributed by atoms with Gasteiger partial charge in [-0.2, -0.15) is 0 Å². The Bertz CT molecular complexity index is 2060. The molecule has 3 aromatic carbocycles. The normalized spacial score (nSPS) is 14.8. The molecule has 4 heterocycles. The van der Waals surface area contributed by atoms with Gasteiger partial charge in [-0.25, -0.2) is 28.1 Å². The predicted molar refractivity (Wildman–Crippen MR) is 175 cm³/mol. The third-order valence-electron chi connectivity index (χ3n) is 8.13. The number of aromatic nitrogens is 4. The van der Waals surface area contributed by atoms with Crippen molar-refractivity contribution in [3.05, 3.63) is 126 Å². The molecule has 0 spiro atoms.